The highest BCUT2D eigenvalue weighted by Crippen LogP contribution is 2.14. The van der Waals surface area contributed by atoms with Crippen LogP contribution in [0, 0.1) is 13.8 Å². The third kappa shape index (κ3) is 4.95. The quantitative estimate of drug-likeness (QED) is 0.700. The predicted molar refractivity (Wildman–Crippen MR) is 88.3 cm³/mol. The smallest absolute Gasteiger partial charge is 0.0223 e. The first-order valence-electron chi connectivity index (χ1n) is 8.03. The third-order valence-electron chi connectivity index (χ3n) is 4.31. The molecule has 0 saturated heterocycles. The SMILES string of the molecule is CCn1c(C)cc(CNCCCCN(C)C(C)C)c1C. The molecule has 1 aromatic rings. The molecule has 1 rings (SSSR count). The molecule has 3 nitrogen and oxygen atoms in total. The van der Waals surface area contributed by atoms with E-state index in [0.717, 1.165) is 19.6 Å². The highest BCUT2D eigenvalue weighted by molar-refractivity contribution is 5.26. The Balaban J connectivity index is 2.22. The minimum Gasteiger partial charge on any atom is -0.349 e. The van der Waals surface area contributed by atoms with Crippen molar-refractivity contribution in [2.45, 2.75) is 66.6 Å². The van der Waals surface area contributed by atoms with Gasteiger partial charge in [-0.25, -0.2) is 0 Å². The van der Waals surface area contributed by atoms with Crippen LogP contribution in [0.5, 0.6) is 0 Å². The normalized spacial score (nSPS) is 11.8. The molecule has 0 aliphatic heterocycles. The van der Waals surface area contributed by atoms with E-state index in [0.29, 0.717) is 6.04 Å². The van der Waals surface area contributed by atoms with Crippen molar-refractivity contribution in [3.8, 4) is 0 Å². The molecule has 0 bridgehead atoms. The van der Waals surface area contributed by atoms with Gasteiger partial charge in [-0.15, -0.1) is 0 Å². The molecule has 0 unspecified atom stereocenters. The average Bonchev–Trinajstić information content (AvgIpc) is 2.67. The van der Waals surface area contributed by atoms with Gasteiger partial charge in [-0.3, -0.25) is 0 Å². The van der Waals surface area contributed by atoms with Crippen LogP contribution >= 0.6 is 0 Å². The van der Waals surface area contributed by atoms with Gasteiger partial charge < -0.3 is 14.8 Å². The molecule has 1 aromatic heterocycles. The molecule has 0 spiro atoms. The van der Waals surface area contributed by atoms with Crippen LogP contribution in [-0.4, -0.2) is 35.6 Å². The van der Waals surface area contributed by atoms with E-state index in [9.17, 15) is 0 Å². The molecule has 116 valence electrons. The van der Waals surface area contributed by atoms with Crippen LogP contribution in [0.4, 0.5) is 0 Å². The van der Waals surface area contributed by atoms with E-state index >= 15 is 0 Å². The minimum atomic E-state index is 0.655. The van der Waals surface area contributed by atoms with E-state index in [2.05, 4.69) is 62.5 Å². The van der Waals surface area contributed by atoms with E-state index in [1.165, 1.54) is 36.3 Å². The second-order valence-corrected chi connectivity index (χ2v) is 6.10. The molecule has 0 saturated carbocycles. The predicted octanol–water partition coefficient (Wildman–Crippen LogP) is 3.33. The van der Waals surface area contributed by atoms with Crippen LogP contribution in [0.1, 0.15) is 50.6 Å². The highest BCUT2D eigenvalue weighted by atomic mass is 15.1. The van der Waals surface area contributed by atoms with Gasteiger partial charge >= 0.3 is 0 Å². The second kappa shape index (κ2) is 8.48. The summed E-state index contributed by atoms with van der Waals surface area (Å²) in [6.07, 6.45) is 2.53. The highest BCUT2D eigenvalue weighted by Gasteiger charge is 2.07. The van der Waals surface area contributed by atoms with Gasteiger partial charge in [0.15, 0.2) is 0 Å². The van der Waals surface area contributed by atoms with E-state index in [1.807, 2.05) is 0 Å². The summed E-state index contributed by atoms with van der Waals surface area (Å²) >= 11 is 0. The summed E-state index contributed by atoms with van der Waals surface area (Å²) in [6, 6.07) is 2.97. The van der Waals surface area contributed by atoms with Gasteiger partial charge in [0.05, 0.1) is 0 Å². The van der Waals surface area contributed by atoms with Gasteiger partial charge in [-0.2, -0.15) is 0 Å². The summed E-state index contributed by atoms with van der Waals surface area (Å²) in [7, 11) is 2.21. The lowest BCUT2D eigenvalue weighted by Gasteiger charge is -2.20. The Labute approximate surface area is 125 Å². The lowest BCUT2D eigenvalue weighted by Crippen LogP contribution is -2.27. The molecular weight excluding hydrogens is 246 g/mol. The first-order valence-corrected chi connectivity index (χ1v) is 8.03. The number of aryl methyl sites for hydroxylation is 1. The zero-order chi connectivity index (χ0) is 15.1. The minimum absolute atomic E-state index is 0.655. The topological polar surface area (TPSA) is 20.2 Å². The van der Waals surface area contributed by atoms with Crippen LogP contribution in [0.25, 0.3) is 0 Å². The van der Waals surface area contributed by atoms with Crippen molar-refractivity contribution >= 4 is 0 Å². The van der Waals surface area contributed by atoms with E-state index in [1.54, 1.807) is 0 Å². The number of nitrogens with one attached hydrogen (secondary N) is 1. The van der Waals surface area contributed by atoms with Crippen molar-refractivity contribution in [3.63, 3.8) is 0 Å². The van der Waals surface area contributed by atoms with Crippen molar-refractivity contribution in [1.82, 2.24) is 14.8 Å². The fourth-order valence-corrected chi connectivity index (χ4v) is 2.63. The van der Waals surface area contributed by atoms with Crippen molar-refractivity contribution in [2.75, 3.05) is 20.1 Å². The maximum atomic E-state index is 3.58. The molecular formula is C17H33N3. The number of aromatic nitrogens is 1. The molecule has 0 atom stereocenters. The standard InChI is InChI=1S/C17H33N3/c1-7-20-15(4)12-17(16(20)5)13-18-10-8-9-11-19(6)14(2)3/h12,14,18H,7-11,13H2,1-6H3. The lowest BCUT2D eigenvalue weighted by molar-refractivity contribution is 0.268. The zero-order valence-corrected chi connectivity index (χ0v) is 14.3. The summed E-state index contributed by atoms with van der Waals surface area (Å²) in [5, 5.41) is 3.58. The van der Waals surface area contributed by atoms with Gasteiger partial charge in [-0.1, -0.05) is 0 Å². The molecule has 0 radical (unpaired) electrons. The van der Waals surface area contributed by atoms with Crippen LogP contribution in [-0.2, 0) is 13.1 Å². The van der Waals surface area contributed by atoms with E-state index in [4.69, 9.17) is 0 Å². The molecule has 0 amide bonds. The maximum absolute atomic E-state index is 3.58. The summed E-state index contributed by atoms with van der Waals surface area (Å²) in [5.74, 6) is 0. The fourth-order valence-electron chi connectivity index (χ4n) is 2.63. The van der Waals surface area contributed by atoms with Crippen LogP contribution in [0.2, 0.25) is 0 Å². The van der Waals surface area contributed by atoms with Crippen LogP contribution < -0.4 is 5.32 Å². The van der Waals surface area contributed by atoms with Gasteiger partial charge in [0, 0.05) is 30.5 Å². The van der Waals surface area contributed by atoms with Crippen molar-refractivity contribution in [1.29, 1.82) is 0 Å². The van der Waals surface area contributed by atoms with Gasteiger partial charge in [0.1, 0.15) is 0 Å². The van der Waals surface area contributed by atoms with Gasteiger partial charge in [-0.05, 0) is 79.2 Å². The Morgan fingerprint density at radius 2 is 1.95 bits per heavy atom. The maximum Gasteiger partial charge on any atom is 0.0223 e. The Morgan fingerprint density at radius 3 is 2.50 bits per heavy atom. The first-order chi connectivity index (χ1) is 9.47. The number of nitrogens with zero attached hydrogens (tertiary/aromatic N) is 2. The van der Waals surface area contributed by atoms with Crippen molar-refractivity contribution < 1.29 is 0 Å². The molecule has 0 aliphatic carbocycles. The van der Waals surface area contributed by atoms with Gasteiger partial charge in [0.25, 0.3) is 0 Å². The molecule has 3 heteroatoms. The van der Waals surface area contributed by atoms with Gasteiger partial charge in [0.2, 0.25) is 0 Å². The van der Waals surface area contributed by atoms with Crippen LogP contribution in [0.3, 0.4) is 0 Å². The second-order valence-electron chi connectivity index (χ2n) is 6.10. The number of rotatable bonds is 9. The fraction of sp³-hybridized carbons (Fsp3) is 0.765. The van der Waals surface area contributed by atoms with Crippen LogP contribution in [0.15, 0.2) is 6.07 Å². The first kappa shape index (κ1) is 17.3. The molecule has 1 heterocycles. The summed E-state index contributed by atoms with van der Waals surface area (Å²) in [5.41, 5.74) is 4.24. The monoisotopic (exact) mass is 279 g/mol. The number of hydrogen-bond donors (Lipinski definition) is 1. The molecule has 0 aliphatic rings. The Morgan fingerprint density at radius 1 is 1.25 bits per heavy atom. The largest absolute Gasteiger partial charge is 0.349 e. The lowest BCUT2D eigenvalue weighted by atomic mass is 10.2. The molecule has 1 N–H and O–H groups in total. The zero-order valence-electron chi connectivity index (χ0n) is 14.3. The summed E-state index contributed by atoms with van der Waals surface area (Å²) < 4.78 is 2.38. The summed E-state index contributed by atoms with van der Waals surface area (Å²) in [4.78, 5) is 2.41. The molecule has 0 aromatic carbocycles. The van der Waals surface area contributed by atoms with E-state index < -0.39 is 0 Å². The number of unbranched alkanes of at least 4 members (excludes halogenated alkanes) is 1. The Hall–Kier alpha value is -0.800. The van der Waals surface area contributed by atoms with Crippen molar-refractivity contribution in [2.24, 2.45) is 0 Å². The van der Waals surface area contributed by atoms with E-state index in [-0.39, 0.29) is 0 Å². The number of hydrogen-bond acceptors (Lipinski definition) is 2. The Bertz CT molecular complexity index is 393. The summed E-state index contributed by atoms with van der Waals surface area (Å²) in [6.45, 7) is 15.5. The molecule has 0 fully saturated rings. The van der Waals surface area contributed by atoms with Crippen molar-refractivity contribution in [3.05, 3.63) is 23.0 Å². The third-order valence-corrected chi connectivity index (χ3v) is 4.31. The molecule has 20 heavy (non-hydrogen) atoms. The average molecular weight is 279 g/mol. The Kier molecular flexibility index (Phi) is 7.31.